The molecule has 36 heavy (non-hydrogen) atoms. The molecule has 1 saturated heterocycles. The number of nitrogens with one attached hydrogen (secondary N) is 3. The Balaban J connectivity index is 1.49. The zero-order valence-electron chi connectivity index (χ0n) is 21.4. The Morgan fingerprint density at radius 1 is 1.14 bits per heavy atom. The molecule has 2 aromatic heterocycles. The third-order valence-electron chi connectivity index (χ3n) is 6.17. The standard InChI is InChI=1S/C28H35N5O3/c1-28(2,3)23-10-9-20(16-24(23)36-18-21-7-5-12-29-21)33-27(34)22-8-6-13-31-26(22)32-17-19-11-14-30-25(15-19)35-4/h6,8-11,13-16,21,29H,5,7,12,17-18H2,1-4H3,(H,31,32)(H,33,34). The van der Waals surface area contributed by atoms with E-state index in [0.717, 1.165) is 29.8 Å². The van der Waals surface area contributed by atoms with Crippen molar-refractivity contribution in [1.29, 1.82) is 0 Å². The number of benzene rings is 1. The fourth-order valence-electron chi connectivity index (χ4n) is 4.21. The Morgan fingerprint density at radius 2 is 2.00 bits per heavy atom. The lowest BCUT2D eigenvalue weighted by atomic mass is 9.86. The van der Waals surface area contributed by atoms with E-state index in [4.69, 9.17) is 9.47 Å². The molecule has 1 aromatic carbocycles. The quantitative estimate of drug-likeness (QED) is 0.398. The van der Waals surface area contributed by atoms with Crippen LogP contribution in [-0.2, 0) is 12.0 Å². The van der Waals surface area contributed by atoms with Gasteiger partial charge in [0.1, 0.15) is 18.2 Å². The van der Waals surface area contributed by atoms with Crippen molar-refractivity contribution >= 4 is 17.4 Å². The summed E-state index contributed by atoms with van der Waals surface area (Å²) in [6.45, 7) is 8.60. The maximum absolute atomic E-state index is 13.2. The monoisotopic (exact) mass is 489 g/mol. The molecule has 1 fully saturated rings. The molecule has 3 aromatic rings. The number of nitrogens with zero attached hydrogens (tertiary/aromatic N) is 2. The average Bonchev–Trinajstić information content (AvgIpc) is 3.40. The molecule has 0 aliphatic carbocycles. The van der Waals surface area contributed by atoms with E-state index >= 15 is 0 Å². The molecule has 0 bridgehead atoms. The molecule has 1 atom stereocenters. The first-order valence-corrected chi connectivity index (χ1v) is 12.3. The van der Waals surface area contributed by atoms with Crippen molar-refractivity contribution in [3.8, 4) is 11.6 Å². The van der Waals surface area contributed by atoms with Gasteiger partial charge in [0.25, 0.3) is 5.91 Å². The van der Waals surface area contributed by atoms with E-state index in [1.807, 2.05) is 30.3 Å². The molecule has 0 spiro atoms. The van der Waals surface area contributed by atoms with Crippen LogP contribution in [0.25, 0.3) is 0 Å². The molecule has 3 N–H and O–H groups in total. The first kappa shape index (κ1) is 25.4. The fourth-order valence-corrected chi connectivity index (χ4v) is 4.21. The Hall–Kier alpha value is -3.65. The highest BCUT2D eigenvalue weighted by molar-refractivity contribution is 6.07. The van der Waals surface area contributed by atoms with Crippen molar-refractivity contribution in [3.63, 3.8) is 0 Å². The van der Waals surface area contributed by atoms with Gasteiger partial charge in [0.15, 0.2) is 0 Å². The van der Waals surface area contributed by atoms with Gasteiger partial charge in [-0.1, -0.05) is 26.8 Å². The van der Waals surface area contributed by atoms with Crippen molar-refractivity contribution in [1.82, 2.24) is 15.3 Å². The molecule has 3 heterocycles. The average molecular weight is 490 g/mol. The van der Waals surface area contributed by atoms with E-state index in [1.54, 1.807) is 31.6 Å². The van der Waals surface area contributed by atoms with Gasteiger partial charge < -0.3 is 25.4 Å². The Bertz CT molecular complexity index is 1190. The minimum Gasteiger partial charge on any atom is -0.492 e. The molecule has 0 radical (unpaired) electrons. The molecule has 0 saturated carbocycles. The topological polar surface area (TPSA) is 97.4 Å². The first-order chi connectivity index (χ1) is 17.3. The minimum absolute atomic E-state index is 0.0863. The molecule has 1 unspecified atom stereocenters. The summed E-state index contributed by atoms with van der Waals surface area (Å²) in [5.41, 5.74) is 3.12. The smallest absolute Gasteiger partial charge is 0.259 e. The predicted octanol–water partition coefficient (Wildman–Crippen LogP) is 4.78. The second kappa shape index (κ2) is 11.4. The Morgan fingerprint density at radius 3 is 2.75 bits per heavy atom. The third kappa shape index (κ3) is 6.51. The Kier molecular flexibility index (Phi) is 8.05. The van der Waals surface area contributed by atoms with Crippen LogP contribution in [0.3, 0.4) is 0 Å². The summed E-state index contributed by atoms with van der Waals surface area (Å²) in [6.07, 6.45) is 5.63. The summed E-state index contributed by atoms with van der Waals surface area (Å²) >= 11 is 0. The molecule has 8 heteroatoms. The number of methoxy groups -OCH3 is 1. The van der Waals surface area contributed by atoms with Crippen LogP contribution in [0.5, 0.6) is 11.6 Å². The van der Waals surface area contributed by atoms with E-state index in [-0.39, 0.29) is 11.3 Å². The summed E-state index contributed by atoms with van der Waals surface area (Å²) in [4.78, 5) is 21.7. The fraction of sp³-hybridized carbons (Fsp3) is 0.393. The molecular formula is C28H35N5O3. The molecule has 1 amide bonds. The van der Waals surface area contributed by atoms with Gasteiger partial charge in [-0.3, -0.25) is 4.79 Å². The molecule has 4 rings (SSSR count). The van der Waals surface area contributed by atoms with Gasteiger partial charge in [-0.05, 0) is 60.2 Å². The number of pyridine rings is 2. The summed E-state index contributed by atoms with van der Waals surface area (Å²) in [5.74, 6) is 1.59. The first-order valence-electron chi connectivity index (χ1n) is 12.3. The minimum atomic E-state index is -0.246. The van der Waals surface area contributed by atoms with Crippen LogP contribution in [0, 0.1) is 0 Å². The van der Waals surface area contributed by atoms with Gasteiger partial charge in [0, 0.05) is 42.8 Å². The number of hydrogen-bond acceptors (Lipinski definition) is 7. The number of carbonyl (C=O) groups excluding carboxylic acids is 1. The zero-order valence-corrected chi connectivity index (χ0v) is 21.4. The number of rotatable bonds is 9. The van der Waals surface area contributed by atoms with Crippen LogP contribution < -0.4 is 25.4 Å². The second-order valence-corrected chi connectivity index (χ2v) is 9.98. The van der Waals surface area contributed by atoms with E-state index in [1.165, 1.54) is 6.42 Å². The van der Waals surface area contributed by atoms with E-state index in [9.17, 15) is 4.79 Å². The largest absolute Gasteiger partial charge is 0.492 e. The van der Waals surface area contributed by atoms with Crippen molar-refractivity contribution in [3.05, 3.63) is 71.5 Å². The normalized spacial score (nSPS) is 15.4. The maximum Gasteiger partial charge on any atom is 0.259 e. The third-order valence-corrected chi connectivity index (χ3v) is 6.17. The van der Waals surface area contributed by atoms with E-state index in [2.05, 4.69) is 46.7 Å². The van der Waals surface area contributed by atoms with Crippen LogP contribution in [0.15, 0.2) is 54.9 Å². The van der Waals surface area contributed by atoms with Crippen LogP contribution in [0.1, 0.15) is 55.1 Å². The summed E-state index contributed by atoms with van der Waals surface area (Å²) in [7, 11) is 1.58. The number of aromatic nitrogens is 2. The van der Waals surface area contributed by atoms with Crippen molar-refractivity contribution in [2.75, 3.05) is 30.9 Å². The highest BCUT2D eigenvalue weighted by Crippen LogP contribution is 2.34. The molecule has 1 aliphatic heterocycles. The lowest BCUT2D eigenvalue weighted by Crippen LogP contribution is -2.28. The Labute approximate surface area is 212 Å². The lowest BCUT2D eigenvalue weighted by molar-refractivity contribution is 0.102. The van der Waals surface area contributed by atoms with Gasteiger partial charge in [-0.25, -0.2) is 9.97 Å². The van der Waals surface area contributed by atoms with Gasteiger partial charge >= 0.3 is 0 Å². The number of amides is 1. The summed E-state index contributed by atoms with van der Waals surface area (Å²) in [5, 5.41) is 9.74. The van der Waals surface area contributed by atoms with Crippen molar-refractivity contribution in [2.24, 2.45) is 0 Å². The van der Waals surface area contributed by atoms with Gasteiger partial charge in [0.05, 0.1) is 12.7 Å². The zero-order chi connectivity index (χ0) is 25.5. The molecular weight excluding hydrogens is 454 g/mol. The van der Waals surface area contributed by atoms with Crippen LogP contribution in [-0.4, -0.2) is 42.2 Å². The lowest BCUT2D eigenvalue weighted by Gasteiger charge is -2.24. The highest BCUT2D eigenvalue weighted by atomic mass is 16.5. The van der Waals surface area contributed by atoms with Crippen molar-refractivity contribution in [2.45, 2.75) is 51.6 Å². The highest BCUT2D eigenvalue weighted by Gasteiger charge is 2.22. The van der Waals surface area contributed by atoms with Gasteiger partial charge in [-0.2, -0.15) is 0 Å². The molecule has 190 valence electrons. The number of carbonyl (C=O) groups is 1. The van der Waals surface area contributed by atoms with E-state index in [0.29, 0.717) is 42.1 Å². The van der Waals surface area contributed by atoms with Crippen LogP contribution in [0.4, 0.5) is 11.5 Å². The predicted molar refractivity (Wildman–Crippen MR) is 142 cm³/mol. The summed E-state index contributed by atoms with van der Waals surface area (Å²) in [6, 6.07) is 13.5. The van der Waals surface area contributed by atoms with Crippen LogP contribution in [0.2, 0.25) is 0 Å². The van der Waals surface area contributed by atoms with Crippen LogP contribution >= 0.6 is 0 Å². The van der Waals surface area contributed by atoms with Crippen molar-refractivity contribution < 1.29 is 14.3 Å². The number of anilines is 2. The maximum atomic E-state index is 13.2. The molecule has 1 aliphatic rings. The van der Waals surface area contributed by atoms with Gasteiger partial charge in [-0.15, -0.1) is 0 Å². The van der Waals surface area contributed by atoms with Gasteiger partial charge in [0.2, 0.25) is 5.88 Å². The number of hydrogen-bond donors (Lipinski definition) is 3. The SMILES string of the molecule is COc1cc(CNc2ncccc2C(=O)Nc2ccc(C(C)(C)C)c(OCC3CCCN3)c2)ccn1. The summed E-state index contributed by atoms with van der Waals surface area (Å²) < 4.78 is 11.4. The second-order valence-electron chi connectivity index (χ2n) is 9.98. The number of ether oxygens (including phenoxy) is 2. The molecule has 8 nitrogen and oxygen atoms in total. The van der Waals surface area contributed by atoms with E-state index < -0.39 is 0 Å².